The number of likely N-dealkylation sites (tertiary alicyclic amines) is 1. The van der Waals surface area contributed by atoms with Crippen LogP contribution >= 0.6 is 15.9 Å². The molecule has 0 bridgehead atoms. The lowest BCUT2D eigenvalue weighted by molar-refractivity contribution is -0.131. The van der Waals surface area contributed by atoms with Gasteiger partial charge in [0, 0.05) is 24.1 Å². The molecule has 1 saturated heterocycles. The van der Waals surface area contributed by atoms with E-state index in [0.29, 0.717) is 35.2 Å². The summed E-state index contributed by atoms with van der Waals surface area (Å²) < 4.78 is 0.693. The highest BCUT2D eigenvalue weighted by atomic mass is 79.9. The molecule has 0 radical (unpaired) electrons. The van der Waals surface area contributed by atoms with Crippen LogP contribution in [0.4, 0.5) is 0 Å². The number of nitriles is 1. The number of amides is 4. The molecule has 2 aliphatic heterocycles. The number of nitrogens with zero attached hydrogens (tertiary/aromatic N) is 3. The molecular formula is C19H19BrN4O4. The van der Waals surface area contributed by atoms with Crippen LogP contribution in [-0.4, -0.2) is 59.6 Å². The van der Waals surface area contributed by atoms with Crippen molar-refractivity contribution in [3.05, 3.63) is 33.8 Å². The topological polar surface area (TPSA) is 111 Å². The molecule has 1 fully saturated rings. The standard InChI is InChI=1S/C19H19BrN4O4/c20-13-1-2-14-15(9-13)19(28)24(18(14)27)11-16(25)22-10-12-4-7-23(8-5-12)17(26)3-6-21/h1-2,9,12H,3-5,7-8,10-11H2,(H,22,25). The number of rotatable bonds is 5. The maximum Gasteiger partial charge on any atom is 0.262 e. The van der Waals surface area contributed by atoms with Crippen molar-refractivity contribution in [3.8, 4) is 6.07 Å². The Bertz CT molecular complexity index is 871. The van der Waals surface area contributed by atoms with Crippen LogP contribution in [0.3, 0.4) is 0 Å². The number of imide groups is 1. The van der Waals surface area contributed by atoms with Crippen LogP contribution < -0.4 is 5.32 Å². The Morgan fingerprint density at radius 3 is 2.54 bits per heavy atom. The van der Waals surface area contributed by atoms with E-state index in [1.165, 1.54) is 0 Å². The van der Waals surface area contributed by atoms with Crippen molar-refractivity contribution in [3.63, 3.8) is 0 Å². The predicted octanol–water partition coefficient (Wildman–Crippen LogP) is 1.31. The maximum absolute atomic E-state index is 12.4. The fourth-order valence-electron chi connectivity index (χ4n) is 3.43. The van der Waals surface area contributed by atoms with Crippen molar-refractivity contribution in [1.82, 2.24) is 15.1 Å². The van der Waals surface area contributed by atoms with Crippen molar-refractivity contribution in [2.45, 2.75) is 19.3 Å². The van der Waals surface area contributed by atoms with Crippen LogP contribution in [-0.2, 0) is 9.59 Å². The van der Waals surface area contributed by atoms with E-state index in [2.05, 4.69) is 21.2 Å². The van der Waals surface area contributed by atoms with Gasteiger partial charge in [-0.25, -0.2) is 0 Å². The highest BCUT2D eigenvalue weighted by Crippen LogP contribution is 2.25. The largest absolute Gasteiger partial charge is 0.354 e. The zero-order valence-electron chi connectivity index (χ0n) is 15.1. The van der Waals surface area contributed by atoms with Gasteiger partial charge in [-0.15, -0.1) is 0 Å². The normalized spacial score (nSPS) is 16.7. The molecule has 1 N–H and O–H groups in total. The number of halogens is 1. The minimum Gasteiger partial charge on any atom is -0.354 e. The molecule has 8 nitrogen and oxygen atoms in total. The lowest BCUT2D eigenvalue weighted by Crippen LogP contribution is -2.44. The zero-order chi connectivity index (χ0) is 20.3. The Morgan fingerprint density at radius 1 is 1.18 bits per heavy atom. The number of fused-ring (bicyclic) bond motifs is 1. The van der Waals surface area contributed by atoms with E-state index in [4.69, 9.17) is 5.26 Å². The van der Waals surface area contributed by atoms with E-state index in [-0.39, 0.29) is 24.8 Å². The molecular weight excluding hydrogens is 428 g/mol. The molecule has 1 aromatic carbocycles. The summed E-state index contributed by atoms with van der Waals surface area (Å²) in [5.41, 5.74) is 0.594. The Labute approximate surface area is 170 Å². The molecule has 4 amide bonds. The number of hydrogen-bond donors (Lipinski definition) is 1. The van der Waals surface area contributed by atoms with Crippen LogP contribution in [0, 0.1) is 17.2 Å². The summed E-state index contributed by atoms with van der Waals surface area (Å²) in [6, 6.07) is 6.69. The van der Waals surface area contributed by atoms with E-state index in [9.17, 15) is 19.2 Å². The molecule has 28 heavy (non-hydrogen) atoms. The van der Waals surface area contributed by atoms with Crippen LogP contribution in [0.5, 0.6) is 0 Å². The van der Waals surface area contributed by atoms with Gasteiger partial charge in [-0.3, -0.25) is 24.1 Å². The Morgan fingerprint density at radius 2 is 1.86 bits per heavy atom. The second kappa shape index (κ2) is 8.52. The first-order valence-electron chi connectivity index (χ1n) is 8.98. The second-order valence-corrected chi connectivity index (χ2v) is 7.77. The molecule has 0 spiro atoms. The molecule has 9 heteroatoms. The Kier molecular flexibility index (Phi) is 6.09. The van der Waals surface area contributed by atoms with Gasteiger partial charge in [-0.05, 0) is 37.0 Å². The van der Waals surface area contributed by atoms with Gasteiger partial charge >= 0.3 is 0 Å². The molecule has 146 valence electrons. The highest BCUT2D eigenvalue weighted by Gasteiger charge is 2.36. The summed E-state index contributed by atoms with van der Waals surface area (Å²) in [6.07, 6.45) is 1.36. The summed E-state index contributed by atoms with van der Waals surface area (Å²) in [5, 5.41) is 11.4. The second-order valence-electron chi connectivity index (χ2n) is 6.85. The first-order valence-corrected chi connectivity index (χ1v) is 9.77. The van der Waals surface area contributed by atoms with Crippen molar-refractivity contribution in [1.29, 1.82) is 5.26 Å². The van der Waals surface area contributed by atoms with Crippen LogP contribution in [0.2, 0.25) is 0 Å². The summed E-state index contributed by atoms with van der Waals surface area (Å²) in [5.74, 6) is -1.28. The number of carbonyl (C=O) groups excluding carboxylic acids is 4. The van der Waals surface area contributed by atoms with Gasteiger partial charge in [0.25, 0.3) is 11.8 Å². The molecule has 0 aliphatic carbocycles. The lowest BCUT2D eigenvalue weighted by atomic mass is 9.96. The van der Waals surface area contributed by atoms with Crippen LogP contribution in [0.15, 0.2) is 22.7 Å². The summed E-state index contributed by atoms with van der Waals surface area (Å²) in [7, 11) is 0. The molecule has 2 heterocycles. The molecule has 0 saturated carbocycles. The monoisotopic (exact) mass is 446 g/mol. The maximum atomic E-state index is 12.4. The fraction of sp³-hybridized carbons (Fsp3) is 0.421. The van der Waals surface area contributed by atoms with Crippen molar-refractivity contribution >= 4 is 39.6 Å². The lowest BCUT2D eigenvalue weighted by Gasteiger charge is -2.31. The molecule has 1 aromatic rings. The first kappa shape index (κ1) is 20.0. The van der Waals surface area contributed by atoms with Gasteiger partial charge in [0.2, 0.25) is 11.8 Å². The van der Waals surface area contributed by atoms with Crippen molar-refractivity contribution in [2.24, 2.45) is 5.92 Å². The average molecular weight is 447 g/mol. The highest BCUT2D eigenvalue weighted by molar-refractivity contribution is 9.10. The number of carbonyl (C=O) groups is 4. The number of hydrogen-bond acceptors (Lipinski definition) is 5. The molecule has 0 unspecified atom stereocenters. The fourth-order valence-corrected chi connectivity index (χ4v) is 3.79. The van der Waals surface area contributed by atoms with Gasteiger partial charge in [0.05, 0.1) is 17.2 Å². The van der Waals surface area contributed by atoms with E-state index in [1.54, 1.807) is 23.1 Å². The summed E-state index contributed by atoms with van der Waals surface area (Å²) >= 11 is 3.27. The number of nitrogens with one attached hydrogen (secondary N) is 1. The smallest absolute Gasteiger partial charge is 0.262 e. The van der Waals surface area contributed by atoms with Gasteiger partial charge < -0.3 is 10.2 Å². The van der Waals surface area contributed by atoms with Crippen molar-refractivity contribution < 1.29 is 19.2 Å². The summed E-state index contributed by atoms with van der Waals surface area (Å²) in [6.45, 7) is 1.24. The molecule has 0 aromatic heterocycles. The minimum absolute atomic E-state index is 0.113. The van der Waals surface area contributed by atoms with Gasteiger partial charge in [0.15, 0.2) is 0 Å². The van der Waals surface area contributed by atoms with Gasteiger partial charge in [0.1, 0.15) is 13.0 Å². The van der Waals surface area contributed by atoms with E-state index < -0.39 is 17.7 Å². The van der Waals surface area contributed by atoms with Gasteiger partial charge in [-0.1, -0.05) is 15.9 Å². The predicted molar refractivity (Wildman–Crippen MR) is 102 cm³/mol. The van der Waals surface area contributed by atoms with Crippen LogP contribution in [0.1, 0.15) is 40.0 Å². The first-order chi connectivity index (χ1) is 13.4. The quantitative estimate of drug-likeness (QED) is 0.685. The third kappa shape index (κ3) is 4.22. The molecule has 3 rings (SSSR count). The van der Waals surface area contributed by atoms with Gasteiger partial charge in [-0.2, -0.15) is 5.26 Å². The van der Waals surface area contributed by atoms with Crippen molar-refractivity contribution in [2.75, 3.05) is 26.2 Å². The van der Waals surface area contributed by atoms with E-state index in [0.717, 1.165) is 17.7 Å². The number of piperidine rings is 1. The summed E-state index contributed by atoms with van der Waals surface area (Å²) in [4.78, 5) is 51.3. The molecule has 2 aliphatic rings. The SMILES string of the molecule is N#CCC(=O)N1CCC(CNC(=O)CN2C(=O)c3ccc(Br)cc3C2=O)CC1. The van der Waals surface area contributed by atoms with Crippen LogP contribution in [0.25, 0.3) is 0 Å². The van der Waals surface area contributed by atoms with E-state index >= 15 is 0 Å². The third-order valence-electron chi connectivity index (χ3n) is 5.02. The Balaban J connectivity index is 1.47. The molecule has 0 atom stereocenters. The average Bonchev–Trinajstić information content (AvgIpc) is 2.91. The zero-order valence-corrected chi connectivity index (χ0v) is 16.7. The van der Waals surface area contributed by atoms with E-state index in [1.807, 2.05) is 6.07 Å². The third-order valence-corrected chi connectivity index (χ3v) is 5.51. The Hall–Kier alpha value is -2.73. The number of benzene rings is 1. The minimum atomic E-state index is -0.472.